The van der Waals surface area contributed by atoms with Crippen LogP contribution in [0.4, 0.5) is 4.39 Å². The number of rotatable bonds is 7. The summed E-state index contributed by atoms with van der Waals surface area (Å²) in [7, 11) is 1.31. The van der Waals surface area contributed by atoms with Gasteiger partial charge < -0.3 is 15.2 Å². The number of halogens is 1. The maximum atomic E-state index is 14.1. The lowest BCUT2D eigenvalue weighted by molar-refractivity contribution is -0.138. The van der Waals surface area contributed by atoms with Crippen LogP contribution in [0, 0.1) is 5.82 Å². The average molecular weight is 297 g/mol. The molecule has 0 aromatic heterocycles. The van der Waals surface area contributed by atoms with Crippen molar-refractivity contribution < 1.29 is 23.8 Å². The molecular formula is C15H20FNO4. The Bertz CT molecular complexity index is 526. The first-order valence-electron chi connectivity index (χ1n) is 6.76. The molecule has 5 nitrogen and oxygen atoms in total. The third-order valence-electron chi connectivity index (χ3n) is 3.65. The van der Waals surface area contributed by atoms with Crippen LogP contribution in [0.1, 0.15) is 43.5 Å². The van der Waals surface area contributed by atoms with Gasteiger partial charge in [0.15, 0.2) is 11.6 Å². The van der Waals surface area contributed by atoms with Crippen molar-refractivity contribution >= 4 is 11.9 Å². The summed E-state index contributed by atoms with van der Waals surface area (Å²) in [5.74, 6) is -2.44. The number of ether oxygens (including phenoxy) is 1. The predicted molar refractivity (Wildman–Crippen MR) is 76.0 cm³/mol. The summed E-state index contributed by atoms with van der Waals surface area (Å²) < 4.78 is 18.9. The topological polar surface area (TPSA) is 75.6 Å². The molecule has 1 aromatic carbocycles. The zero-order valence-electron chi connectivity index (χ0n) is 12.4. The molecular weight excluding hydrogens is 277 g/mol. The Morgan fingerprint density at radius 3 is 2.43 bits per heavy atom. The molecule has 21 heavy (non-hydrogen) atoms. The van der Waals surface area contributed by atoms with E-state index in [1.807, 2.05) is 0 Å². The molecule has 0 unspecified atom stereocenters. The Morgan fingerprint density at radius 2 is 1.95 bits per heavy atom. The van der Waals surface area contributed by atoms with E-state index in [-0.39, 0.29) is 17.7 Å². The Morgan fingerprint density at radius 1 is 1.33 bits per heavy atom. The molecule has 0 bridgehead atoms. The number of hydrogen-bond donors (Lipinski definition) is 2. The molecule has 1 rings (SSSR count). The van der Waals surface area contributed by atoms with Gasteiger partial charge in [0, 0.05) is 0 Å². The van der Waals surface area contributed by atoms with Crippen molar-refractivity contribution in [2.45, 2.75) is 38.6 Å². The van der Waals surface area contributed by atoms with Crippen molar-refractivity contribution in [3.8, 4) is 5.75 Å². The maximum Gasteiger partial charge on any atom is 0.305 e. The van der Waals surface area contributed by atoms with Crippen LogP contribution in [0.3, 0.4) is 0 Å². The molecule has 0 spiro atoms. The molecule has 1 aromatic rings. The quantitative estimate of drug-likeness (QED) is 0.811. The lowest BCUT2D eigenvalue weighted by Gasteiger charge is -2.31. The fourth-order valence-electron chi connectivity index (χ4n) is 2.16. The van der Waals surface area contributed by atoms with Crippen LogP contribution in [-0.2, 0) is 4.79 Å². The second kappa shape index (κ2) is 7.06. The number of hydrogen-bond acceptors (Lipinski definition) is 3. The highest BCUT2D eigenvalue weighted by Crippen LogP contribution is 2.24. The number of carboxylic acid groups (broad SMARTS) is 1. The van der Waals surface area contributed by atoms with E-state index in [1.54, 1.807) is 13.8 Å². The van der Waals surface area contributed by atoms with Gasteiger partial charge in [-0.2, -0.15) is 0 Å². The first kappa shape index (κ1) is 16.9. The van der Waals surface area contributed by atoms with Gasteiger partial charge in [0.1, 0.15) is 0 Å². The lowest BCUT2D eigenvalue weighted by Crippen LogP contribution is -2.49. The van der Waals surface area contributed by atoms with Crippen molar-refractivity contribution in [3.63, 3.8) is 0 Å². The Balaban J connectivity index is 3.05. The first-order chi connectivity index (χ1) is 9.89. The molecule has 2 N–H and O–H groups in total. The van der Waals surface area contributed by atoms with Gasteiger partial charge in [0.05, 0.1) is 24.6 Å². The standard InChI is InChI=1S/C15H20FNO4/c1-4-15(5-2,9-12(18)19)17-14(20)10-7-6-8-11(21-3)13(10)16/h6-8H,4-5,9H2,1-3H3,(H,17,20)(H,18,19). The van der Waals surface area contributed by atoms with Gasteiger partial charge >= 0.3 is 5.97 Å². The average Bonchev–Trinajstić information content (AvgIpc) is 2.46. The van der Waals surface area contributed by atoms with Crippen LogP contribution < -0.4 is 10.1 Å². The van der Waals surface area contributed by atoms with E-state index in [0.29, 0.717) is 12.8 Å². The van der Waals surface area contributed by atoms with Gasteiger partial charge in [-0.3, -0.25) is 9.59 Å². The normalized spacial score (nSPS) is 11.0. The van der Waals surface area contributed by atoms with Crippen molar-refractivity contribution in [3.05, 3.63) is 29.6 Å². The molecule has 0 aliphatic carbocycles. The number of aliphatic carboxylic acids is 1. The van der Waals surface area contributed by atoms with Crippen LogP contribution in [-0.4, -0.2) is 29.6 Å². The smallest absolute Gasteiger partial charge is 0.305 e. The van der Waals surface area contributed by atoms with Crippen LogP contribution in [0.5, 0.6) is 5.75 Å². The van der Waals surface area contributed by atoms with Crippen molar-refractivity contribution in [2.75, 3.05) is 7.11 Å². The maximum absolute atomic E-state index is 14.1. The fourth-order valence-corrected chi connectivity index (χ4v) is 2.16. The summed E-state index contributed by atoms with van der Waals surface area (Å²) in [6.07, 6.45) is 0.664. The van der Waals surface area contributed by atoms with E-state index in [1.165, 1.54) is 25.3 Å². The third kappa shape index (κ3) is 3.93. The van der Waals surface area contributed by atoms with Gasteiger partial charge in [0.25, 0.3) is 5.91 Å². The van der Waals surface area contributed by atoms with Gasteiger partial charge in [-0.1, -0.05) is 19.9 Å². The van der Waals surface area contributed by atoms with Crippen LogP contribution in [0.25, 0.3) is 0 Å². The van der Waals surface area contributed by atoms with E-state index in [9.17, 15) is 14.0 Å². The van der Waals surface area contributed by atoms with Gasteiger partial charge in [-0.05, 0) is 25.0 Å². The second-order valence-electron chi connectivity index (χ2n) is 4.83. The van der Waals surface area contributed by atoms with E-state index < -0.39 is 23.2 Å². The number of carboxylic acids is 1. The van der Waals surface area contributed by atoms with Gasteiger partial charge in [0.2, 0.25) is 0 Å². The minimum Gasteiger partial charge on any atom is -0.494 e. The monoisotopic (exact) mass is 297 g/mol. The molecule has 0 saturated carbocycles. The molecule has 0 radical (unpaired) electrons. The molecule has 116 valence electrons. The fraction of sp³-hybridized carbons (Fsp3) is 0.467. The highest BCUT2D eigenvalue weighted by molar-refractivity contribution is 5.95. The van der Waals surface area contributed by atoms with E-state index in [2.05, 4.69) is 5.32 Å². The first-order valence-corrected chi connectivity index (χ1v) is 6.76. The zero-order valence-corrected chi connectivity index (χ0v) is 12.4. The Kier molecular flexibility index (Phi) is 5.69. The molecule has 0 aliphatic heterocycles. The van der Waals surface area contributed by atoms with Crippen LogP contribution in [0.15, 0.2) is 18.2 Å². The van der Waals surface area contributed by atoms with Crippen LogP contribution in [0.2, 0.25) is 0 Å². The summed E-state index contributed by atoms with van der Waals surface area (Å²) in [5.41, 5.74) is -1.05. The minimum atomic E-state index is -1.01. The summed E-state index contributed by atoms with van der Waals surface area (Å²) in [4.78, 5) is 23.2. The zero-order chi connectivity index (χ0) is 16.0. The highest BCUT2D eigenvalue weighted by Gasteiger charge is 2.32. The van der Waals surface area contributed by atoms with E-state index in [0.717, 1.165) is 0 Å². The molecule has 6 heteroatoms. The van der Waals surface area contributed by atoms with Gasteiger partial charge in [-0.25, -0.2) is 4.39 Å². The van der Waals surface area contributed by atoms with Crippen molar-refractivity contribution in [1.82, 2.24) is 5.32 Å². The highest BCUT2D eigenvalue weighted by atomic mass is 19.1. The number of carbonyl (C=O) groups is 2. The summed E-state index contributed by atoms with van der Waals surface area (Å²) in [5, 5.41) is 11.6. The molecule has 0 saturated heterocycles. The van der Waals surface area contributed by atoms with E-state index in [4.69, 9.17) is 9.84 Å². The minimum absolute atomic E-state index is 0.0283. The molecule has 0 fully saturated rings. The second-order valence-corrected chi connectivity index (χ2v) is 4.83. The Hall–Kier alpha value is -2.11. The number of methoxy groups -OCH3 is 1. The third-order valence-corrected chi connectivity index (χ3v) is 3.65. The SMILES string of the molecule is CCC(CC)(CC(=O)O)NC(=O)c1cccc(OC)c1F. The molecule has 0 atom stereocenters. The van der Waals surface area contributed by atoms with E-state index >= 15 is 0 Å². The number of benzene rings is 1. The largest absolute Gasteiger partial charge is 0.494 e. The van der Waals surface area contributed by atoms with Gasteiger partial charge in [-0.15, -0.1) is 0 Å². The number of nitrogens with one attached hydrogen (secondary N) is 1. The Labute approximate surface area is 123 Å². The predicted octanol–water partition coefficient (Wildman–Crippen LogP) is 2.60. The molecule has 0 heterocycles. The van der Waals surface area contributed by atoms with Crippen molar-refractivity contribution in [2.24, 2.45) is 0 Å². The molecule has 1 amide bonds. The lowest BCUT2D eigenvalue weighted by atomic mass is 9.88. The van der Waals surface area contributed by atoms with Crippen molar-refractivity contribution in [1.29, 1.82) is 0 Å². The van der Waals surface area contributed by atoms with Crippen LogP contribution >= 0.6 is 0 Å². The summed E-state index contributed by atoms with van der Waals surface area (Å²) >= 11 is 0. The number of carbonyl (C=O) groups excluding carboxylic acids is 1. The number of amides is 1. The summed E-state index contributed by atoms with van der Waals surface area (Å²) in [6, 6.07) is 4.26. The molecule has 0 aliphatic rings. The summed E-state index contributed by atoms with van der Waals surface area (Å²) in [6.45, 7) is 3.57.